The number of benzene rings is 1. The molecule has 0 amide bonds. The number of aromatic nitrogens is 2. The third-order valence-electron chi connectivity index (χ3n) is 2.66. The molecule has 1 aromatic heterocycles. The van der Waals surface area contributed by atoms with Crippen molar-refractivity contribution in [3.63, 3.8) is 0 Å². The maximum absolute atomic E-state index is 5.59. The predicted molar refractivity (Wildman–Crippen MR) is 90.8 cm³/mol. The SMILES string of the molecule is Cc1cc(Br)c(Nc2nnc(CNC(C)(C)C)o2)c(Br)c1. The molecule has 5 nitrogen and oxygen atoms in total. The van der Waals surface area contributed by atoms with Crippen LogP contribution in [0.25, 0.3) is 0 Å². The number of halogens is 2. The molecule has 2 rings (SSSR count). The first-order valence-corrected chi connectivity index (χ1v) is 8.13. The average Bonchev–Trinajstić information content (AvgIpc) is 2.78. The normalized spacial score (nSPS) is 11.7. The Balaban J connectivity index is 2.10. The summed E-state index contributed by atoms with van der Waals surface area (Å²) in [6.45, 7) is 8.83. The van der Waals surface area contributed by atoms with Gasteiger partial charge < -0.3 is 15.1 Å². The first-order chi connectivity index (χ1) is 9.74. The van der Waals surface area contributed by atoms with Crippen LogP contribution in [0.15, 0.2) is 25.5 Å². The molecule has 21 heavy (non-hydrogen) atoms. The highest BCUT2D eigenvalue weighted by Crippen LogP contribution is 2.34. The summed E-state index contributed by atoms with van der Waals surface area (Å²) < 4.78 is 7.45. The van der Waals surface area contributed by atoms with Gasteiger partial charge in [-0.3, -0.25) is 0 Å². The zero-order valence-corrected chi connectivity index (χ0v) is 15.6. The molecule has 1 heterocycles. The summed E-state index contributed by atoms with van der Waals surface area (Å²) in [7, 11) is 0. The van der Waals surface area contributed by atoms with Crippen LogP contribution in [0.3, 0.4) is 0 Å². The highest BCUT2D eigenvalue weighted by atomic mass is 79.9. The van der Waals surface area contributed by atoms with Crippen molar-refractivity contribution in [2.24, 2.45) is 0 Å². The van der Waals surface area contributed by atoms with E-state index in [4.69, 9.17) is 4.42 Å². The number of nitrogens with zero attached hydrogens (tertiary/aromatic N) is 2. The van der Waals surface area contributed by atoms with Gasteiger partial charge in [0.25, 0.3) is 0 Å². The zero-order valence-electron chi connectivity index (χ0n) is 12.4. The predicted octanol–water partition coefficient (Wildman–Crippen LogP) is 4.53. The van der Waals surface area contributed by atoms with Gasteiger partial charge in [-0.1, -0.05) is 5.10 Å². The summed E-state index contributed by atoms with van der Waals surface area (Å²) in [5.41, 5.74) is 2.02. The Labute approximate surface area is 141 Å². The van der Waals surface area contributed by atoms with E-state index in [-0.39, 0.29) is 5.54 Å². The fraction of sp³-hybridized carbons (Fsp3) is 0.429. The van der Waals surface area contributed by atoms with Gasteiger partial charge in [-0.15, -0.1) is 5.10 Å². The van der Waals surface area contributed by atoms with E-state index in [9.17, 15) is 0 Å². The maximum atomic E-state index is 5.59. The molecule has 1 aromatic carbocycles. The summed E-state index contributed by atoms with van der Waals surface area (Å²) in [6, 6.07) is 4.41. The Hall–Kier alpha value is -0.920. The van der Waals surface area contributed by atoms with Gasteiger partial charge in [0, 0.05) is 14.5 Å². The molecular weight excluding hydrogens is 400 g/mol. The molecule has 0 aliphatic heterocycles. The molecular formula is C14H18Br2N4O. The minimum atomic E-state index is 0.00503. The molecule has 0 bridgehead atoms. The molecule has 2 N–H and O–H groups in total. The molecule has 0 spiro atoms. The minimum absolute atomic E-state index is 0.00503. The van der Waals surface area contributed by atoms with Crippen molar-refractivity contribution in [3.8, 4) is 0 Å². The lowest BCUT2D eigenvalue weighted by molar-refractivity contribution is 0.384. The molecule has 0 fully saturated rings. The van der Waals surface area contributed by atoms with Crippen LogP contribution < -0.4 is 10.6 Å². The second-order valence-electron chi connectivity index (χ2n) is 5.83. The van der Waals surface area contributed by atoms with E-state index in [1.165, 1.54) is 0 Å². The molecule has 7 heteroatoms. The Morgan fingerprint density at radius 2 is 1.76 bits per heavy atom. The van der Waals surface area contributed by atoms with Crippen LogP contribution in [0, 0.1) is 6.92 Å². The second kappa shape index (κ2) is 6.46. The smallest absolute Gasteiger partial charge is 0.320 e. The molecule has 2 aromatic rings. The van der Waals surface area contributed by atoms with E-state index in [0.717, 1.165) is 20.2 Å². The molecule has 0 saturated carbocycles. The van der Waals surface area contributed by atoms with Gasteiger partial charge in [0.15, 0.2) is 0 Å². The van der Waals surface area contributed by atoms with Crippen LogP contribution in [-0.2, 0) is 6.54 Å². The van der Waals surface area contributed by atoms with Gasteiger partial charge in [-0.25, -0.2) is 0 Å². The van der Waals surface area contributed by atoms with Crippen LogP contribution in [0.2, 0.25) is 0 Å². The lowest BCUT2D eigenvalue weighted by Crippen LogP contribution is -2.35. The number of nitrogens with one attached hydrogen (secondary N) is 2. The topological polar surface area (TPSA) is 63.0 Å². The maximum Gasteiger partial charge on any atom is 0.320 e. The quantitative estimate of drug-likeness (QED) is 0.764. The van der Waals surface area contributed by atoms with Crippen molar-refractivity contribution < 1.29 is 4.42 Å². The molecule has 114 valence electrons. The van der Waals surface area contributed by atoms with Crippen LogP contribution in [-0.4, -0.2) is 15.7 Å². The van der Waals surface area contributed by atoms with Crippen LogP contribution in [0.5, 0.6) is 0 Å². The van der Waals surface area contributed by atoms with Gasteiger partial charge >= 0.3 is 6.01 Å². The average molecular weight is 418 g/mol. The number of anilines is 2. The van der Waals surface area contributed by atoms with Gasteiger partial charge in [0.1, 0.15) is 0 Å². The van der Waals surface area contributed by atoms with E-state index >= 15 is 0 Å². The summed E-state index contributed by atoms with van der Waals surface area (Å²) in [5, 5.41) is 14.5. The van der Waals surface area contributed by atoms with Crippen molar-refractivity contribution in [1.82, 2.24) is 15.5 Å². The van der Waals surface area contributed by atoms with Crippen molar-refractivity contribution >= 4 is 43.6 Å². The van der Waals surface area contributed by atoms with E-state index in [1.807, 2.05) is 19.1 Å². The van der Waals surface area contributed by atoms with Gasteiger partial charge in [0.05, 0.1) is 12.2 Å². The van der Waals surface area contributed by atoms with E-state index in [1.54, 1.807) is 0 Å². The fourth-order valence-electron chi connectivity index (χ4n) is 1.64. The third-order valence-corrected chi connectivity index (χ3v) is 3.91. The van der Waals surface area contributed by atoms with Gasteiger partial charge in [-0.05, 0) is 77.3 Å². The number of hydrogen-bond donors (Lipinski definition) is 2. The van der Waals surface area contributed by atoms with E-state index in [2.05, 4.69) is 73.5 Å². The van der Waals surface area contributed by atoms with Crippen LogP contribution >= 0.6 is 31.9 Å². The zero-order chi connectivity index (χ0) is 15.6. The summed E-state index contributed by atoms with van der Waals surface area (Å²) in [6.07, 6.45) is 0. The minimum Gasteiger partial charge on any atom is -0.406 e. The number of aryl methyl sites for hydroxylation is 1. The lowest BCUT2D eigenvalue weighted by Gasteiger charge is -2.18. The van der Waals surface area contributed by atoms with Crippen molar-refractivity contribution in [2.75, 3.05) is 5.32 Å². The van der Waals surface area contributed by atoms with Gasteiger partial charge in [-0.2, -0.15) is 0 Å². The molecule has 0 aliphatic carbocycles. The Morgan fingerprint density at radius 3 is 2.33 bits per heavy atom. The Bertz CT molecular complexity index is 611. The largest absolute Gasteiger partial charge is 0.406 e. The van der Waals surface area contributed by atoms with Crippen LogP contribution in [0.1, 0.15) is 32.2 Å². The highest BCUT2D eigenvalue weighted by Gasteiger charge is 2.14. The summed E-state index contributed by atoms with van der Waals surface area (Å²) >= 11 is 7.05. The first-order valence-electron chi connectivity index (χ1n) is 6.55. The Morgan fingerprint density at radius 1 is 1.14 bits per heavy atom. The molecule has 0 saturated heterocycles. The first kappa shape index (κ1) is 16.5. The molecule has 0 aliphatic rings. The number of hydrogen-bond acceptors (Lipinski definition) is 5. The van der Waals surface area contributed by atoms with Crippen molar-refractivity contribution in [3.05, 3.63) is 32.5 Å². The van der Waals surface area contributed by atoms with E-state index < -0.39 is 0 Å². The summed E-state index contributed by atoms with van der Waals surface area (Å²) in [4.78, 5) is 0. The lowest BCUT2D eigenvalue weighted by atomic mass is 10.1. The molecule has 0 unspecified atom stereocenters. The van der Waals surface area contributed by atoms with Crippen molar-refractivity contribution in [2.45, 2.75) is 39.8 Å². The Kier molecular flexibility index (Phi) is 5.06. The molecule has 0 atom stereocenters. The standard InChI is InChI=1S/C14H18Br2N4O/c1-8-5-9(15)12(10(16)6-8)18-13-20-19-11(21-13)7-17-14(2,3)4/h5-6,17H,7H2,1-4H3,(H,18,20). The van der Waals surface area contributed by atoms with Crippen molar-refractivity contribution in [1.29, 1.82) is 0 Å². The summed E-state index contributed by atoms with van der Waals surface area (Å²) in [5.74, 6) is 0.548. The van der Waals surface area contributed by atoms with Crippen LogP contribution in [0.4, 0.5) is 11.7 Å². The monoisotopic (exact) mass is 416 g/mol. The number of rotatable bonds is 4. The van der Waals surface area contributed by atoms with E-state index in [0.29, 0.717) is 18.5 Å². The highest BCUT2D eigenvalue weighted by molar-refractivity contribution is 9.11. The van der Waals surface area contributed by atoms with Gasteiger partial charge in [0.2, 0.25) is 5.89 Å². The fourth-order valence-corrected chi connectivity index (χ4v) is 3.26. The second-order valence-corrected chi connectivity index (χ2v) is 7.54. The molecule has 0 radical (unpaired) electrons. The third kappa shape index (κ3) is 4.79.